The van der Waals surface area contributed by atoms with Crippen LogP contribution < -0.4 is 16.6 Å². The third-order valence-corrected chi connectivity index (χ3v) is 5.32. The number of amides is 1. The molecule has 0 aliphatic rings. The molecule has 1 amide bonds. The Kier molecular flexibility index (Phi) is 4.82. The zero-order valence-corrected chi connectivity index (χ0v) is 15.9. The summed E-state index contributed by atoms with van der Waals surface area (Å²) in [7, 11) is 2.96. The van der Waals surface area contributed by atoms with Gasteiger partial charge in [-0.25, -0.2) is 9.78 Å². The second-order valence-corrected chi connectivity index (χ2v) is 7.53. The quantitative estimate of drug-likeness (QED) is 0.720. The minimum Gasteiger partial charge on any atom is -0.347 e. The van der Waals surface area contributed by atoms with E-state index in [4.69, 9.17) is 0 Å². The number of nitrogens with one attached hydrogen (secondary N) is 1. The highest BCUT2D eigenvalue weighted by molar-refractivity contribution is 7.10. The van der Waals surface area contributed by atoms with Crippen LogP contribution in [0.2, 0.25) is 0 Å². The maximum absolute atomic E-state index is 12.6. The van der Waals surface area contributed by atoms with Crippen molar-refractivity contribution < 1.29 is 4.79 Å². The van der Waals surface area contributed by atoms with Gasteiger partial charge < -0.3 is 9.88 Å². The zero-order valence-electron chi connectivity index (χ0n) is 15.1. The summed E-state index contributed by atoms with van der Waals surface area (Å²) >= 11 is 1.59. The van der Waals surface area contributed by atoms with Gasteiger partial charge in [0, 0.05) is 19.0 Å². The summed E-state index contributed by atoms with van der Waals surface area (Å²) in [5, 5.41) is 5.00. The maximum atomic E-state index is 12.6. The molecule has 1 unspecified atom stereocenters. The van der Waals surface area contributed by atoms with Crippen LogP contribution in [0.4, 0.5) is 0 Å². The lowest BCUT2D eigenvalue weighted by Gasteiger charge is -2.21. The van der Waals surface area contributed by atoms with Crippen molar-refractivity contribution in [3.05, 3.63) is 49.6 Å². The fourth-order valence-electron chi connectivity index (χ4n) is 2.93. The molecule has 1 atom stereocenters. The first-order chi connectivity index (χ1) is 12.3. The monoisotopic (exact) mass is 375 g/mol. The van der Waals surface area contributed by atoms with Crippen molar-refractivity contribution in [2.24, 2.45) is 20.0 Å². The number of aromatic nitrogens is 4. The van der Waals surface area contributed by atoms with Crippen molar-refractivity contribution in [3.8, 4) is 0 Å². The van der Waals surface area contributed by atoms with Gasteiger partial charge in [0.05, 0.1) is 12.4 Å². The van der Waals surface area contributed by atoms with Crippen LogP contribution >= 0.6 is 11.3 Å². The largest absolute Gasteiger partial charge is 0.347 e. The Balaban J connectivity index is 1.91. The van der Waals surface area contributed by atoms with Crippen molar-refractivity contribution in [2.75, 3.05) is 0 Å². The average molecular weight is 375 g/mol. The first-order valence-corrected chi connectivity index (χ1v) is 9.12. The van der Waals surface area contributed by atoms with Gasteiger partial charge in [-0.2, -0.15) is 0 Å². The molecule has 0 aliphatic heterocycles. The molecule has 0 fully saturated rings. The van der Waals surface area contributed by atoms with Crippen molar-refractivity contribution in [1.29, 1.82) is 0 Å². The molecule has 0 aliphatic carbocycles. The standard InChI is InChI=1S/C17H21N5O3S/c1-10(2)13(11-6-5-7-26-11)19-12(23)8-22-9-18-15-14(22)16(24)21(4)17(25)20(15)3/h5-7,9-10,13H,8H2,1-4H3,(H,19,23). The van der Waals surface area contributed by atoms with E-state index in [2.05, 4.69) is 10.3 Å². The predicted octanol–water partition coefficient (Wildman–Crippen LogP) is 1.01. The second-order valence-electron chi connectivity index (χ2n) is 6.56. The fraction of sp³-hybridized carbons (Fsp3) is 0.412. The second kappa shape index (κ2) is 6.91. The Hall–Kier alpha value is -2.68. The number of hydrogen-bond donors (Lipinski definition) is 1. The van der Waals surface area contributed by atoms with E-state index in [0.717, 1.165) is 9.44 Å². The van der Waals surface area contributed by atoms with Crippen LogP contribution in [-0.4, -0.2) is 24.6 Å². The molecule has 26 heavy (non-hydrogen) atoms. The molecule has 0 saturated heterocycles. The Morgan fingerprint density at radius 2 is 2.00 bits per heavy atom. The van der Waals surface area contributed by atoms with Gasteiger partial charge in [-0.05, 0) is 17.4 Å². The van der Waals surface area contributed by atoms with Crippen LogP contribution in [0.15, 0.2) is 33.4 Å². The van der Waals surface area contributed by atoms with Crippen molar-refractivity contribution >= 4 is 28.4 Å². The lowest BCUT2D eigenvalue weighted by atomic mass is 10.0. The number of carbonyl (C=O) groups excluding carboxylic acids is 1. The molecule has 0 bridgehead atoms. The Morgan fingerprint density at radius 3 is 2.62 bits per heavy atom. The minimum absolute atomic E-state index is 0.0431. The molecular weight excluding hydrogens is 354 g/mol. The lowest BCUT2D eigenvalue weighted by Crippen LogP contribution is -2.38. The van der Waals surface area contributed by atoms with Crippen LogP contribution in [0.1, 0.15) is 24.8 Å². The number of imidazole rings is 1. The molecule has 9 heteroatoms. The SMILES string of the molecule is CC(C)C(NC(=O)Cn1cnc2c1c(=O)n(C)c(=O)n2C)c1cccs1. The van der Waals surface area contributed by atoms with Crippen LogP contribution in [0, 0.1) is 5.92 Å². The first kappa shape index (κ1) is 18.1. The van der Waals surface area contributed by atoms with Gasteiger partial charge >= 0.3 is 5.69 Å². The highest BCUT2D eigenvalue weighted by Crippen LogP contribution is 2.25. The zero-order chi connectivity index (χ0) is 19.0. The van der Waals surface area contributed by atoms with E-state index in [1.54, 1.807) is 18.4 Å². The third kappa shape index (κ3) is 3.10. The molecule has 0 aromatic carbocycles. The van der Waals surface area contributed by atoms with Gasteiger partial charge in [0.15, 0.2) is 11.2 Å². The van der Waals surface area contributed by atoms with E-state index in [1.807, 2.05) is 31.4 Å². The van der Waals surface area contributed by atoms with Gasteiger partial charge in [-0.15, -0.1) is 11.3 Å². The Labute approximate surface area is 153 Å². The Morgan fingerprint density at radius 1 is 1.27 bits per heavy atom. The molecule has 3 aromatic rings. The van der Waals surface area contributed by atoms with Crippen LogP contribution in [-0.2, 0) is 25.4 Å². The lowest BCUT2D eigenvalue weighted by molar-refractivity contribution is -0.122. The molecule has 0 radical (unpaired) electrons. The molecule has 3 heterocycles. The van der Waals surface area contributed by atoms with E-state index in [0.29, 0.717) is 0 Å². The molecule has 0 spiro atoms. The number of aryl methyl sites for hydroxylation is 1. The van der Waals surface area contributed by atoms with Gasteiger partial charge in [-0.3, -0.25) is 18.7 Å². The number of fused-ring (bicyclic) bond motifs is 1. The number of nitrogens with zero attached hydrogens (tertiary/aromatic N) is 4. The average Bonchev–Trinajstić information content (AvgIpc) is 3.25. The summed E-state index contributed by atoms with van der Waals surface area (Å²) in [6, 6.07) is 3.85. The van der Waals surface area contributed by atoms with E-state index in [-0.39, 0.29) is 35.6 Å². The van der Waals surface area contributed by atoms with E-state index >= 15 is 0 Å². The highest BCUT2D eigenvalue weighted by atomic mass is 32.1. The summed E-state index contributed by atoms with van der Waals surface area (Å²) in [5.74, 6) is 0.0122. The topological polar surface area (TPSA) is 90.9 Å². The van der Waals surface area contributed by atoms with Crippen LogP contribution in [0.3, 0.4) is 0 Å². The minimum atomic E-state index is -0.466. The van der Waals surface area contributed by atoms with Gasteiger partial charge in [0.2, 0.25) is 5.91 Å². The molecule has 0 saturated carbocycles. The highest BCUT2D eigenvalue weighted by Gasteiger charge is 2.21. The Bertz CT molecular complexity index is 1060. The number of carbonyl (C=O) groups is 1. The molecule has 3 aromatic heterocycles. The molecule has 8 nitrogen and oxygen atoms in total. The van der Waals surface area contributed by atoms with Crippen molar-refractivity contribution in [2.45, 2.75) is 26.4 Å². The van der Waals surface area contributed by atoms with Crippen LogP contribution in [0.5, 0.6) is 0 Å². The van der Waals surface area contributed by atoms with Gasteiger partial charge in [-0.1, -0.05) is 19.9 Å². The van der Waals surface area contributed by atoms with E-state index in [1.165, 1.54) is 22.5 Å². The van der Waals surface area contributed by atoms with Gasteiger partial charge in [0.1, 0.15) is 6.54 Å². The van der Waals surface area contributed by atoms with E-state index in [9.17, 15) is 14.4 Å². The van der Waals surface area contributed by atoms with Crippen molar-refractivity contribution in [3.63, 3.8) is 0 Å². The maximum Gasteiger partial charge on any atom is 0.332 e. The van der Waals surface area contributed by atoms with E-state index < -0.39 is 11.2 Å². The first-order valence-electron chi connectivity index (χ1n) is 8.25. The van der Waals surface area contributed by atoms with Crippen LogP contribution in [0.25, 0.3) is 11.2 Å². The third-order valence-electron chi connectivity index (χ3n) is 4.36. The summed E-state index contributed by atoms with van der Waals surface area (Å²) in [6.45, 7) is 4.05. The summed E-state index contributed by atoms with van der Waals surface area (Å²) < 4.78 is 3.80. The normalized spacial score (nSPS) is 12.7. The van der Waals surface area contributed by atoms with Gasteiger partial charge in [0.25, 0.3) is 5.56 Å². The molecule has 3 rings (SSSR count). The molecule has 138 valence electrons. The number of hydrogen-bond acceptors (Lipinski definition) is 5. The number of thiophene rings is 1. The number of rotatable bonds is 5. The molecule has 1 N–H and O–H groups in total. The summed E-state index contributed by atoms with van der Waals surface area (Å²) in [6.07, 6.45) is 1.42. The smallest absolute Gasteiger partial charge is 0.332 e. The predicted molar refractivity (Wildman–Crippen MR) is 100 cm³/mol. The summed E-state index contributed by atoms with van der Waals surface area (Å²) in [5.41, 5.74) is -0.409. The van der Waals surface area contributed by atoms with Crippen molar-refractivity contribution in [1.82, 2.24) is 24.0 Å². The summed E-state index contributed by atoms with van der Waals surface area (Å²) in [4.78, 5) is 42.2. The molecular formula is C17H21N5O3S. The fourth-order valence-corrected chi connectivity index (χ4v) is 3.87.